The monoisotopic (exact) mass is 262 g/mol. The fraction of sp³-hybridized carbons (Fsp3) is 0.688. The smallest absolute Gasteiger partial charge is 0.0582 e. The Morgan fingerprint density at radius 3 is 2.74 bits per heavy atom. The molecule has 2 rings (SSSR count). The van der Waals surface area contributed by atoms with E-state index in [1.165, 1.54) is 23.4 Å². The van der Waals surface area contributed by atoms with Crippen LogP contribution in [0.1, 0.15) is 55.5 Å². The molecule has 1 saturated heterocycles. The summed E-state index contributed by atoms with van der Waals surface area (Å²) in [5.41, 5.74) is 3.81. The fourth-order valence-electron chi connectivity index (χ4n) is 2.63. The third kappa shape index (κ3) is 3.77. The maximum Gasteiger partial charge on any atom is 0.0582 e. The molecular weight excluding hydrogens is 236 g/mol. The first kappa shape index (κ1) is 14.5. The van der Waals surface area contributed by atoms with Crippen molar-refractivity contribution in [1.82, 2.24) is 9.88 Å². The van der Waals surface area contributed by atoms with Crippen LogP contribution in [-0.2, 0) is 11.3 Å². The van der Waals surface area contributed by atoms with E-state index >= 15 is 0 Å². The van der Waals surface area contributed by atoms with Gasteiger partial charge in [-0.05, 0) is 44.5 Å². The average molecular weight is 262 g/mol. The van der Waals surface area contributed by atoms with Gasteiger partial charge in [0.25, 0.3) is 0 Å². The highest BCUT2D eigenvalue weighted by molar-refractivity contribution is 5.28. The second kappa shape index (κ2) is 6.49. The highest BCUT2D eigenvalue weighted by Crippen LogP contribution is 2.29. The topological polar surface area (TPSA) is 25.4 Å². The zero-order chi connectivity index (χ0) is 13.8. The molecule has 0 spiro atoms. The lowest BCUT2D eigenvalue weighted by Crippen LogP contribution is -2.21. The van der Waals surface area contributed by atoms with Crippen molar-refractivity contribution in [1.29, 1.82) is 0 Å². The van der Waals surface area contributed by atoms with Crippen LogP contribution in [0.15, 0.2) is 12.1 Å². The van der Waals surface area contributed by atoms with Crippen LogP contribution in [-0.4, -0.2) is 37.2 Å². The Morgan fingerprint density at radius 1 is 1.37 bits per heavy atom. The third-order valence-electron chi connectivity index (χ3n) is 3.69. The first-order valence-electron chi connectivity index (χ1n) is 7.30. The number of hydrogen-bond acceptors (Lipinski definition) is 3. The normalized spacial score (nSPS) is 20.2. The van der Waals surface area contributed by atoms with E-state index in [2.05, 4.69) is 45.0 Å². The second-order valence-corrected chi connectivity index (χ2v) is 6.08. The highest BCUT2D eigenvalue weighted by Gasteiger charge is 2.20. The van der Waals surface area contributed by atoms with Crippen LogP contribution in [0.5, 0.6) is 0 Å². The SMILES string of the molecule is CC(C)c1ccc([C@@H]2CCCOC2)c(CN(C)C)n1. The van der Waals surface area contributed by atoms with Gasteiger partial charge in [-0.15, -0.1) is 0 Å². The van der Waals surface area contributed by atoms with E-state index in [9.17, 15) is 0 Å². The molecule has 0 aliphatic carbocycles. The Labute approximate surface area is 117 Å². The zero-order valence-corrected chi connectivity index (χ0v) is 12.6. The Kier molecular flexibility index (Phi) is 4.94. The van der Waals surface area contributed by atoms with Gasteiger partial charge in [-0.3, -0.25) is 4.98 Å². The van der Waals surface area contributed by atoms with Gasteiger partial charge in [0.1, 0.15) is 0 Å². The number of rotatable bonds is 4. The highest BCUT2D eigenvalue weighted by atomic mass is 16.5. The van der Waals surface area contributed by atoms with E-state index in [-0.39, 0.29) is 0 Å². The Bertz CT molecular complexity index is 409. The summed E-state index contributed by atoms with van der Waals surface area (Å²) in [4.78, 5) is 7.08. The summed E-state index contributed by atoms with van der Waals surface area (Å²) in [6.45, 7) is 7.07. The lowest BCUT2D eigenvalue weighted by atomic mass is 9.91. The molecule has 0 aromatic carbocycles. The summed E-state index contributed by atoms with van der Waals surface area (Å²) in [5.74, 6) is 1.01. The molecule has 1 aromatic rings. The van der Waals surface area contributed by atoms with Gasteiger partial charge in [0, 0.05) is 24.8 Å². The molecule has 2 heterocycles. The number of aromatic nitrogens is 1. The molecule has 1 atom stereocenters. The summed E-state index contributed by atoms with van der Waals surface area (Å²) in [6, 6.07) is 4.47. The number of ether oxygens (including phenoxy) is 1. The number of pyridine rings is 1. The van der Waals surface area contributed by atoms with Gasteiger partial charge in [0.15, 0.2) is 0 Å². The number of nitrogens with zero attached hydrogens (tertiary/aromatic N) is 2. The summed E-state index contributed by atoms with van der Waals surface area (Å²) in [7, 11) is 4.20. The van der Waals surface area contributed by atoms with Crippen molar-refractivity contribution in [2.24, 2.45) is 0 Å². The van der Waals surface area contributed by atoms with Crippen molar-refractivity contribution in [3.05, 3.63) is 29.1 Å². The molecule has 106 valence electrons. The minimum atomic E-state index is 0.484. The Morgan fingerprint density at radius 2 is 2.16 bits per heavy atom. The van der Waals surface area contributed by atoms with Gasteiger partial charge < -0.3 is 9.64 Å². The summed E-state index contributed by atoms with van der Waals surface area (Å²) < 4.78 is 5.63. The molecule has 0 saturated carbocycles. The molecular formula is C16H26N2O. The second-order valence-electron chi connectivity index (χ2n) is 6.08. The third-order valence-corrected chi connectivity index (χ3v) is 3.69. The summed E-state index contributed by atoms with van der Waals surface area (Å²) in [5, 5.41) is 0. The van der Waals surface area contributed by atoms with E-state index in [0.29, 0.717) is 11.8 Å². The minimum absolute atomic E-state index is 0.484. The van der Waals surface area contributed by atoms with Crippen molar-refractivity contribution in [3.63, 3.8) is 0 Å². The molecule has 1 aliphatic heterocycles. The van der Waals surface area contributed by atoms with E-state index in [0.717, 1.165) is 26.2 Å². The van der Waals surface area contributed by atoms with Gasteiger partial charge in [-0.25, -0.2) is 0 Å². The van der Waals surface area contributed by atoms with Crippen molar-refractivity contribution in [2.45, 2.75) is 45.1 Å². The molecule has 0 radical (unpaired) electrons. The first-order valence-corrected chi connectivity index (χ1v) is 7.30. The lowest BCUT2D eigenvalue weighted by Gasteiger charge is -2.25. The molecule has 19 heavy (non-hydrogen) atoms. The Balaban J connectivity index is 2.29. The molecule has 1 aromatic heterocycles. The lowest BCUT2D eigenvalue weighted by molar-refractivity contribution is 0.0799. The van der Waals surface area contributed by atoms with E-state index in [1.54, 1.807) is 0 Å². The molecule has 1 aliphatic rings. The summed E-state index contributed by atoms with van der Waals surface area (Å²) >= 11 is 0. The Hall–Kier alpha value is -0.930. The molecule has 0 amide bonds. The molecule has 1 fully saturated rings. The van der Waals surface area contributed by atoms with Crippen LogP contribution in [0.2, 0.25) is 0 Å². The van der Waals surface area contributed by atoms with Gasteiger partial charge >= 0.3 is 0 Å². The van der Waals surface area contributed by atoms with Crippen LogP contribution in [0, 0.1) is 0 Å². The van der Waals surface area contributed by atoms with Gasteiger partial charge in [-0.2, -0.15) is 0 Å². The fourth-order valence-corrected chi connectivity index (χ4v) is 2.63. The van der Waals surface area contributed by atoms with Crippen molar-refractivity contribution in [2.75, 3.05) is 27.3 Å². The maximum atomic E-state index is 5.63. The van der Waals surface area contributed by atoms with E-state index in [1.807, 2.05) is 0 Å². The van der Waals surface area contributed by atoms with Gasteiger partial charge in [-0.1, -0.05) is 19.9 Å². The van der Waals surface area contributed by atoms with Crippen LogP contribution in [0.25, 0.3) is 0 Å². The maximum absolute atomic E-state index is 5.63. The van der Waals surface area contributed by atoms with Gasteiger partial charge in [0.05, 0.1) is 12.3 Å². The molecule has 0 N–H and O–H groups in total. The van der Waals surface area contributed by atoms with Crippen LogP contribution in [0.3, 0.4) is 0 Å². The van der Waals surface area contributed by atoms with Crippen LogP contribution >= 0.6 is 0 Å². The van der Waals surface area contributed by atoms with Crippen LogP contribution < -0.4 is 0 Å². The van der Waals surface area contributed by atoms with Crippen molar-refractivity contribution < 1.29 is 4.74 Å². The molecule has 3 heteroatoms. The predicted octanol–water partition coefficient (Wildman–Crippen LogP) is 3.16. The van der Waals surface area contributed by atoms with Crippen molar-refractivity contribution >= 4 is 0 Å². The van der Waals surface area contributed by atoms with E-state index < -0.39 is 0 Å². The zero-order valence-electron chi connectivity index (χ0n) is 12.6. The quantitative estimate of drug-likeness (QED) is 0.833. The standard InChI is InChI=1S/C16H26N2O/c1-12(2)15-8-7-14(13-6-5-9-19-11-13)16(17-15)10-18(3)4/h7-8,12-13H,5-6,9-11H2,1-4H3/t13-/m1/s1. The molecule has 3 nitrogen and oxygen atoms in total. The summed E-state index contributed by atoms with van der Waals surface area (Å²) in [6.07, 6.45) is 2.39. The van der Waals surface area contributed by atoms with Gasteiger partial charge in [0.2, 0.25) is 0 Å². The predicted molar refractivity (Wildman–Crippen MR) is 78.5 cm³/mol. The molecule has 0 unspecified atom stereocenters. The van der Waals surface area contributed by atoms with Crippen LogP contribution in [0.4, 0.5) is 0 Å². The minimum Gasteiger partial charge on any atom is -0.381 e. The van der Waals surface area contributed by atoms with Crippen molar-refractivity contribution in [3.8, 4) is 0 Å². The average Bonchev–Trinajstić information content (AvgIpc) is 2.39. The molecule has 0 bridgehead atoms. The van der Waals surface area contributed by atoms with E-state index in [4.69, 9.17) is 9.72 Å². The largest absolute Gasteiger partial charge is 0.381 e. The first-order chi connectivity index (χ1) is 9.08. The number of hydrogen-bond donors (Lipinski definition) is 0.